The second-order valence-corrected chi connectivity index (χ2v) is 5.66. The van der Waals surface area contributed by atoms with E-state index in [0.717, 1.165) is 24.1 Å². The summed E-state index contributed by atoms with van der Waals surface area (Å²) in [5.74, 6) is 0.344. The van der Waals surface area contributed by atoms with Crippen LogP contribution < -0.4 is 10.1 Å². The maximum absolute atomic E-state index is 11.4. The van der Waals surface area contributed by atoms with Crippen molar-refractivity contribution in [3.63, 3.8) is 0 Å². The van der Waals surface area contributed by atoms with E-state index in [0.29, 0.717) is 17.4 Å². The second kappa shape index (κ2) is 5.92. The number of ether oxygens (including phenoxy) is 2. The Kier molecular flexibility index (Phi) is 4.43. The van der Waals surface area contributed by atoms with Gasteiger partial charge >= 0.3 is 5.97 Å². The number of benzene rings is 1. The minimum atomic E-state index is -0.288. The highest BCUT2D eigenvalue weighted by Crippen LogP contribution is 2.51. The van der Waals surface area contributed by atoms with Crippen molar-refractivity contribution in [1.29, 1.82) is 0 Å². The van der Waals surface area contributed by atoms with Crippen molar-refractivity contribution >= 4 is 23.3 Å². The number of nitrogens with one attached hydrogen (secondary N) is 1. The third-order valence-corrected chi connectivity index (χ3v) is 3.98. The summed E-state index contributed by atoms with van der Waals surface area (Å²) in [4.78, 5) is 11.4. The fourth-order valence-corrected chi connectivity index (χ4v) is 2.54. The molecule has 1 aromatic rings. The van der Waals surface area contributed by atoms with Gasteiger partial charge in [-0.2, -0.15) is 0 Å². The molecule has 1 saturated carbocycles. The van der Waals surface area contributed by atoms with E-state index < -0.39 is 0 Å². The Morgan fingerprint density at radius 3 is 2.70 bits per heavy atom. The van der Waals surface area contributed by atoms with Crippen LogP contribution in [0.1, 0.15) is 32.3 Å². The van der Waals surface area contributed by atoms with Gasteiger partial charge in [0, 0.05) is 11.1 Å². The van der Waals surface area contributed by atoms with Crippen LogP contribution in [0.5, 0.6) is 5.75 Å². The SMILES string of the molecule is CCOC(=O)CNc1cc(C2(C)CC2)c(Cl)cc1OC. The molecule has 0 aliphatic heterocycles. The molecule has 5 heteroatoms. The minimum absolute atomic E-state index is 0.113. The fraction of sp³-hybridized carbons (Fsp3) is 0.533. The first-order valence-electron chi connectivity index (χ1n) is 6.77. The van der Waals surface area contributed by atoms with Crippen LogP contribution in [-0.4, -0.2) is 26.2 Å². The summed E-state index contributed by atoms with van der Waals surface area (Å²) in [6.45, 7) is 4.46. The smallest absolute Gasteiger partial charge is 0.325 e. The topological polar surface area (TPSA) is 47.6 Å². The molecule has 20 heavy (non-hydrogen) atoms. The number of carbonyl (C=O) groups excluding carboxylic acids is 1. The van der Waals surface area contributed by atoms with Gasteiger partial charge in [-0.3, -0.25) is 4.79 Å². The van der Waals surface area contributed by atoms with E-state index in [-0.39, 0.29) is 17.9 Å². The number of esters is 1. The normalized spacial score (nSPS) is 15.6. The highest BCUT2D eigenvalue weighted by atomic mass is 35.5. The lowest BCUT2D eigenvalue weighted by Gasteiger charge is -2.17. The molecule has 0 bridgehead atoms. The summed E-state index contributed by atoms with van der Waals surface area (Å²) in [6, 6.07) is 3.78. The van der Waals surface area contributed by atoms with E-state index in [2.05, 4.69) is 12.2 Å². The summed E-state index contributed by atoms with van der Waals surface area (Å²) < 4.78 is 10.2. The Hall–Kier alpha value is -1.42. The van der Waals surface area contributed by atoms with Crippen LogP contribution >= 0.6 is 11.6 Å². The molecule has 0 aromatic heterocycles. The average molecular weight is 298 g/mol. The molecule has 1 aliphatic rings. The van der Waals surface area contributed by atoms with Crippen LogP contribution in [0.4, 0.5) is 5.69 Å². The highest BCUT2D eigenvalue weighted by molar-refractivity contribution is 6.31. The summed E-state index contributed by atoms with van der Waals surface area (Å²) in [7, 11) is 1.58. The number of halogens is 1. The Labute approximate surface area is 124 Å². The predicted molar refractivity (Wildman–Crippen MR) is 79.7 cm³/mol. The van der Waals surface area contributed by atoms with E-state index in [1.54, 1.807) is 20.1 Å². The molecule has 1 aliphatic carbocycles. The van der Waals surface area contributed by atoms with E-state index in [4.69, 9.17) is 21.1 Å². The fourth-order valence-electron chi connectivity index (χ4n) is 2.16. The minimum Gasteiger partial charge on any atom is -0.495 e. The predicted octanol–water partition coefficient (Wildman–Crippen LogP) is 3.38. The molecule has 110 valence electrons. The van der Waals surface area contributed by atoms with Crippen LogP contribution in [0.25, 0.3) is 0 Å². The summed E-state index contributed by atoms with van der Waals surface area (Å²) in [6.07, 6.45) is 2.27. The van der Waals surface area contributed by atoms with E-state index in [9.17, 15) is 4.79 Å². The van der Waals surface area contributed by atoms with Gasteiger partial charge in [-0.15, -0.1) is 0 Å². The molecule has 4 nitrogen and oxygen atoms in total. The molecule has 1 N–H and O–H groups in total. The molecule has 1 fully saturated rings. The van der Waals surface area contributed by atoms with Crippen LogP contribution in [0, 0.1) is 0 Å². The summed E-state index contributed by atoms with van der Waals surface area (Å²) in [5, 5.41) is 3.77. The Morgan fingerprint density at radius 2 is 2.15 bits per heavy atom. The maximum atomic E-state index is 11.4. The molecule has 0 unspecified atom stereocenters. The number of carbonyl (C=O) groups is 1. The third-order valence-electron chi connectivity index (χ3n) is 3.67. The lowest BCUT2D eigenvalue weighted by Crippen LogP contribution is -2.17. The zero-order valence-electron chi connectivity index (χ0n) is 12.1. The Bertz CT molecular complexity index is 512. The number of hydrogen-bond donors (Lipinski definition) is 1. The van der Waals surface area contributed by atoms with Gasteiger partial charge in [0.05, 0.1) is 19.4 Å². The molecule has 0 atom stereocenters. The second-order valence-electron chi connectivity index (χ2n) is 5.25. The molecule has 1 aromatic carbocycles. The summed E-state index contributed by atoms with van der Waals surface area (Å²) in [5.41, 5.74) is 2.03. The van der Waals surface area contributed by atoms with Crippen LogP contribution in [0.3, 0.4) is 0 Å². The van der Waals surface area contributed by atoms with Crippen molar-refractivity contribution in [1.82, 2.24) is 0 Å². The molecule has 0 heterocycles. The number of rotatable bonds is 6. The first-order valence-corrected chi connectivity index (χ1v) is 7.15. The van der Waals surface area contributed by atoms with E-state index in [1.807, 2.05) is 6.07 Å². The van der Waals surface area contributed by atoms with Crippen molar-refractivity contribution < 1.29 is 14.3 Å². The van der Waals surface area contributed by atoms with Gasteiger partial charge in [-0.1, -0.05) is 18.5 Å². The lowest BCUT2D eigenvalue weighted by atomic mass is 9.97. The standard InChI is InChI=1S/C15H20ClNO3/c1-4-20-14(18)9-17-12-7-10(15(2)5-6-15)11(16)8-13(12)19-3/h7-8,17H,4-6,9H2,1-3H3. The largest absolute Gasteiger partial charge is 0.495 e. The van der Waals surface area contributed by atoms with E-state index in [1.165, 1.54) is 0 Å². The van der Waals surface area contributed by atoms with Crippen molar-refractivity contribution in [3.8, 4) is 5.75 Å². The quantitative estimate of drug-likeness (QED) is 0.818. The van der Waals surface area contributed by atoms with Gasteiger partial charge in [-0.25, -0.2) is 0 Å². The number of methoxy groups -OCH3 is 1. The van der Waals surface area contributed by atoms with Gasteiger partial charge < -0.3 is 14.8 Å². The number of hydrogen-bond acceptors (Lipinski definition) is 4. The molecule has 0 saturated heterocycles. The Balaban J connectivity index is 2.19. The molecular weight excluding hydrogens is 278 g/mol. The van der Waals surface area contributed by atoms with Crippen LogP contribution in [-0.2, 0) is 14.9 Å². The lowest BCUT2D eigenvalue weighted by molar-refractivity contribution is -0.140. The molecule has 0 amide bonds. The van der Waals surface area contributed by atoms with Crippen molar-refractivity contribution in [2.45, 2.75) is 32.1 Å². The zero-order valence-corrected chi connectivity index (χ0v) is 12.8. The van der Waals surface area contributed by atoms with Gasteiger partial charge in [0.2, 0.25) is 0 Å². The molecule has 0 radical (unpaired) electrons. The van der Waals surface area contributed by atoms with Crippen molar-refractivity contribution in [2.75, 3.05) is 25.6 Å². The zero-order chi connectivity index (χ0) is 14.8. The highest BCUT2D eigenvalue weighted by Gasteiger charge is 2.41. The third kappa shape index (κ3) is 3.18. The van der Waals surface area contributed by atoms with Crippen LogP contribution in [0.15, 0.2) is 12.1 Å². The van der Waals surface area contributed by atoms with Gasteiger partial charge in [-0.05, 0) is 36.8 Å². The van der Waals surface area contributed by atoms with Gasteiger partial charge in [0.15, 0.2) is 0 Å². The maximum Gasteiger partial charge on any atom is 0.325 e. The first kappa shape index (κ1) is 15.0. The summed E-state index contributed by atoms with van der Waals surface area (Å²) >= 11 is 6.32. The molecule has 2 rings (SSSR count). The van der Waals surface area contributed by atoms with Crippen molar-refractivity contribution in [2.24, 2.45) is 0 Å². The first-order chi connectivity index (χ1) is 9.50. The number of anilines is 1. The van der Waals surface area contributed by atoms with Crippen LogP contribution in [0.2, 0.25) is 5.02 Å². The average Bonchev–Trinajstić information content (AvgIpc) is 3.16. The Morgan fingerprint density at radius 1 is 1.45 bits per heavy atom. The van der Waals surface area contributed by atoms with E-state index >= 15 is 0 Å². The molecular formula is C15H20ClNO3. The van der Waals surface area contributed by atoms with Gasteiger partial charge in [0.25, 0.3) is 0 Å². The van der Waals surface area contributed by atoms with Crippen molar-refractivity contribution in [3.05, 3.63) is 22.7 Å². The molecule has 0 spiro atoms. The monoisotopic (exact) mass is 297 g/mol. The van der Waals surface area contributed by atoms with Gasteiger partial charge in [0.1, 0.15) is 12.3 Å².